The molecule has 1 aliphatic rings. The molecule has 0 radical (unpaired) electrons. The van der Waals surface area contributed by atoms with Crippen LogP contribution < -0.4 is 9.47 Å². The van der Waals surface area contributed by atoms with E-state index in [0.29, 0.717) is 37.8 Å². The van der Waals surface area contributed by atoms with Gasteiger partial charge >= 0.3 is 0 Å². The Morgan fingerprint density at radius 1 is 0.966 bits per heavy atom. The second-order valence-corrected chi connectivity index (χ2v) is 6.92. The second kappa shape index (κ2) is 9.93. The number of rotatable bonds is 7. The van der Waals surface area contributed by atoms with Crippen LogP contribution in [0.15, 0.2) is 48.5 Å². The lowest BCUT2D eigenvalue weighted by Crippen LogP contribution is -2.46. The van der Waals surface area contributed by atoms with Crippen molar-refractivity contribution in [3.63, 3.8) is 0 Å². The summed E-state index contributed by atoms with van der Waals surface area (Å²) >= 11 is 0. The lowest BCUT2D eigenvalue weighted by atomic mass is 10.2. The van der Waals surface area contributed by atoms with Gasteiger partial charge in [0, 0.05) is 20.1 Å². The molecule has 1 aliphatic heterocycles. The van der Waals surface area contributed by atoms with Gasteiger partial charge in [0.25, 0.3) is 5.91 Å². The standard InChI is InChI=1S/C22H26N2O5/c1-17-3-5-19(6-4-17)29-20-9-7-18(8-10-20)28-16-22(26)23(2)15-21(25)24-11-13-27-14-12-24/h3-10H,11-16H2,1-2H3. The molecule has 29 heavy (non-hydrogen) atoms. The van der Waals surface area contributed by atoms with Crippen LogP contribution in [-0.2, 0) is 14.3 Å². The average molecular weight is 398 g/mol. The minimum atomic E-state index is -0.258. The molecule has 154 valence electrons. The Hall–Kier alpha value is -3.06. The fourth-order valence-electron chi connectivity index (χ4n) is 2.81. The Bertz CT molecular complexity index is 814. The van der Waals surface area contributed by atoms with E-state index in [2.05, 4.69) is 0 Å². The van der Waals surface area contributed by atoms with E-state index in [-0.39, 0.29) is 25.0 Å². The number of morpholine rings is 1. The number of amides is 2. The van der Waals surface area contributed by atoms with Gasteiger partial charge in [-0.3, -0.25) is 9.59 Å². The Balaban J connectivity index is 1.44. The van der Waals surface area contributed by atoms with E-state index in [1.807, 2.05) is 31.2 Å². The van der Waals surface area contributed by atoms with Crippen molar-refractivity contribution < 1.29 is 23.8 Å². The maximum absolute atomic E-state index is 12.3. The molecule has 0 spiro atoms. The number of aryl methyl sites for hydroxylation is 1. The van der Waals surface area contributed by atoms with Crippen molar-refractivity contribution >= 4 is 11.8 Å². The zero-order valence-corrected chi connectivity index (χ0v) is 16.8. The van der Waals surface area contributed by atoms with Gasteiger partial charge in [0.2, 0.25) is 5.91 Å². The average Bonchev–Trinajstić information content (AvgIpc) is 2.75. The summed E-state index contributed by atoms with van der Waals surface area (Å²) in [7, 11) is 1.60. The summed E-state index contributed by atoms with van der Waals surface area (Å²) in [5.41, 5.74) is 1.17. The second-order valence-electron chi connectivity index (χ2n) is 6.92. The topological polar surface area (TPSA) is 68.3 Å². The summed E-state index contributed by atoms with van der Waals surface area (Å²) in [5, 5.41) is 0. The SMILES string of the molecule is Cc1ccc(Oc2ccc(OCC(=O)N(C)CC(=O)N3CCOCC3)cc2)cc1. The quantitative estimate of drug-likeness (QED) is 0.717. The third-order valence-corrected chi connectivity index (χ3v) is 4.60. The highest BCUT2D eigenvalue weighted by Crippen LogP contribution is 2.24. The summed E-state index contributed by atoms with van der Waals surface area (Å²) in [6.07, 6.45) is 0. The first-order valence-corrected chi connectivity index (χ1v) is 9.58. The summed E-state index contributed by atoms with van der Waals surface area (Å²) in [4.78, 5) is 27.6. The van der Waals surface area contributed by atoms with Crippen LogP contribution in [0.5, 0.6) is 17.2 Å². The first-order valence-electron chi connectivity index (χ1n) is 9.58. The molecule has 0 N–H and O–H groups in total. The van der Waals surface area contributed by atoms with E-state index in [9.17, 15) is 9.59 Å². The van der Waals surface area contributed by atoms with Crippen molar-refractivity contribution in [3.8, 4) is 17.2 Å². The Labute approximate surface area is 170 Å². The molecule has 2 aromatic carbocycles. The number of likely N-dealkylation sites (N-methyl/N-ethyl adjacent to an activating group) is 1. The molecule has 2 amide bonds. The van der Waals surface area contributed by atoms with Crippen molar-refractivity contribution in [3.05, 3.63) is 54.1 Å². The van der Waals surface area contributed by atoms with Crippen LogP contribution in [0.4, 0.5) is 0 Å². The predicted octanol–water partition coefficient (Wildman–Crippen LogP) is 2.48. The van der Waals surface area contributed by atoms with Crippen LogP contribution >= 0.6 is 0 Å². The van der Waals surface area contributed by atoms with E-state index in [4.69, 9.17) is 14.2 Å². The third kappa shape index (κ3) is 6.22. The number of benzene rings is 2. The highest BCUT2D eigenvalue weighted by atomic mass is 16.5. The zero-order valence-electron chi connectivity index (χ0n) is 16.8. The lowest BCUT2D eigenvalue weighted by Gasteiger charge is -2.28. The van der Waals surface area contributed by atoms with Crippen molar-refractivity contribution in [2.45, 2.75) is 6.92 Å². The van der Waals surface area contributed by atoms with Gasteiger partial charge in [-0.05, 0) is 43.3 Å². The van der Waals surface area contributed by atoms with Gasteiger partial charge in [-0.15, -0.1) is 0 Å². The fraction of sp³-hybridized carbons (Fsp3) is 0.364. The van der Waals surface area contributed by atoms with Gasteiger partial charge in [-0.2, -0.15) is 0 Å². The molecule has 0 atom stereocenters. The molecular weight excluding hydrogens is 372 g/mol. The van der Waals surface area contributed by atoms with Gasteiger partial charge in [-0.25, -0.2) is 0 Å². The number of carbonyl (C=O) groups is 2. The predicted molar refractivity (Wildman–Crippen MR) is 108 cm³/mol. The van der Waals surface area contributed by atoms with Crippen LogP contribution in [0.1, 0.15) is 5.56 Å². The third-order valence-electron chi connectivity index (χ3n) is 4.60. The minimum absolute atomic E-state index is 0.0333. The van der Waals surface area contributed by atoms with Crippen LogP contribution in [0, 0.1) is 6.92 Å². The molecule has 0 saturated carbocycles. The summed E-state index contributed by atoms with van der Waals surface area (Å²) < 4.78 is 16.5. The van der Waals surface area contributed by atoms with Crippen molar-refractivity contribution in [1.29, 1.82) is 0 Å². The molecule has 3 rings (SSSR count). The molecule has 7 heteroatoms. The number of carbonyl (C=O) groups excluding carboxylic acids is 2. The molecule has 1 heterocycles. The number of hydrogen-bond donors (Lipinski definition) is 0. The Kier molecular flexibility index (Phi) is 7.08. The zero-order chi connectivity index (χ0) is 20.6. The molecule has 0 aliphatic carbocycles. The normalized spacial score (nSPS) is 13.7. The van der Waals surface area contributed by atoms with Gasteiger partial charge in [-0.1, -0.05) is 17.7 Å². The van der Waals surface area contributed by atoms with E-state index in [0.717, 1.165) is 5.75 Å². The van der Waals surface area contributed by atoms with Gasteiger partial charge in [0.15, 0.2) is 6.61 Å². The maximum Gasteiger partial charge on any atom is 0.260 e. The van der Waals surface area contributed by atoms with Crippen molar-refractivity contribution in [1.82, 2.24) is 9.80 Å². The molecule has 0 unspecified atom stereocenters. The van der Waals surface area contributed by atoms with Gasteiger partial charge in [0.1, 0.15) is 17.2 Å². The van der Waals surface area contributed by atoms with E-state index in [1.165, 1.54) is 10.5 Å². The summed E-state index contributed by atoms with van der Waals surface area (Å²) in [5.74, 6) is 1.66. The van der Waals surface area contributed by atoms with Crippen LogP contribution in [0.3, 0.4) is 0 Å². The number of hydrogen-bond acceptors (Lipinski definition) is 5. The minimum Gasteiger partial charge on any atom is -0.484 e. The lowest BCUT2D eigenvalue weighted by molar-refractivity contribution is -0.142. The van der Waals surface area contributed by atoms with Gasteiger partial charge < -0.3 is 24.0 Å². The molecule has 7 nitrogen and oxygen atoms in total. The van der Waals surface area contributed by atoms with Crippen LogP contribution in [0.2, 0.25) is 0 Å². The molecule has 2 aromatic rings. The van der Waals surface area contributed by atoms with Crippen molar-refractivity contribution in [2.24, 2.45) is 0 Å². The molecular formula is C22H26N2O5. The fourth-order valence-corrected chi connectivity index (χ4v) is 2.81. The Morgan fingerprint density at radius 3 is 2.14 bits per heavy atom. The van der Waals surface area contributed by atoms with Crippen molar-refractivity contribution in [2.75, 3.05) is 46.5 Å². The van der Waals surface area contributed by atoms with E-state index in [1.54, 1.807) is 36.2 Å². The maximum atomic E-state index is 12.3. The van der Waals surface area contributed by atoms with Crippen LogP contribution in [-0.4, -0.2) is 68.1 Å². The molecule has 0 bridgehead atoms. The first-order chi connectivity index (χ1) is 14.0. The largest absolute Gasteiger partial charge is 0.484 e. The monoisotopic (exact) mass is 398 g/mol. The van der Waals surface area contributed by atoms with E-state index >= 15 is 0 Å². The molecule has 1 fully saturated rings. The molecule has 1 saturated heterocycles. The van der Waals surface area contributed by atoms with Gasteiger partial charge in [0.05, 0.1) is 19.8 Å². The number of ether oxygens (including phenoxy) is 3. The van der Waals surface area contributed by atoms with E-state index < -0.39 is 0 Å². The highest BCUT2D eigenvalue weighted by molar-refractivity contribution is 5.85. The summed E-state index contributed by atoms with van der Waals surface area (Å²) in [6.45, 7) is 4.12. The molecule has 0 aromatic heterocycles. The highest BCUT2D eigenvalue weighted by Gasteiger charge is 2.20. The number of nitrogens with zero attached hydrogens (tertiary/aromatic N) is 2. The first kappa shape index (κ1) is 20.7. The summed E-state index contributed by atoms with van der Waals surface area (Å²) in [6, 6.07) is 14.8. The smallest absolute Gasteiger partial charge is 0.260 e. The van der Waals surface area contributed by atoms with Crippen LogP contribution in [0.25, 0.3) is 0 Å². The Morgan fingerprint density at radius 2 is 1.52 bits per heavy atom.